The van der Waals surface area contributed by atoms with Gasteiger partial charge in [0.25, 0.3) is 0 Å². The Morgan fingerprint density at radius 3 is 2.76 bits per heavy atom. The van der Waals surface area contributed by atoms with Crippen molar-refractivity contribution in [2.24, 2.45) is 11.8 Å². The zero-order chi connectivity index (χ0) is 15.5. The minimum atomic E-state index is -4.44. The third-order valence-corrected chi connectivity index (χ3v) is 3.76. The molecule has 2 aliphatic rings. The molecule has 2 atom stereocenters. The van der Waals surface area contributed by atoms with Crippen LogP contribution in [-0.4, -0.2) is 42.6 Å². The van der Waals surface area contributed by atoms with Crippen LogP contribution in [0.4, 0.5) is 13.2 Å². The highest BCUT2D eigenvalue weighted by molar-refractivity contribution is 5.86. The minimum absolute atomic E-state index is 0.195. The van der Waals surface area contributed by atoms with Crippen LogP contribution >= 0.6 is 0 Å². The Labute approximate surface area is 120 Å². The van der Waals surface area contributed by atoms with Crippen molar-refractivity contribution in [2.75, 3.05) is 19.7 Å². The largest absolute Gasteiger partial charge is 0.465 e. The molecule has 1 aliphatic carbocycles. The number of alkyl halides is 3. The van der Waals surface area contributed by atoms with Gasteiger partial charge in [-0.3, -0.25) is 9.59 Å². The fourth-order valence-corrected chi connectivity index (χ4v) is 2.62. The standard InChI is InChI=1S/C14H18F3NO3/c15-14(16,17)9-18-7-11(6-12(18)19)13(20)21-8-10-4-2-1-3-5-10/h1-2,10-11H,3-9H2. The maximum absolute atomic E-state index is 12.3. The molecule has 21 heavy (non-hydrogen) atoms. The molecule has 1 fully saturated rings. The lowest BCUT2D eigenvalue weighted by molar-refractivity contribution is -0.158. The number of carbonyl (C=O) groups is 2. The summed E-state index contributed by atoms with van der Waals surface area (Å²) in [5.41, 5.74) is 0. The molecule has 1 heterocycles. The van der Waals surface area contributed by atoms with Crippen LogP contribution < -0.4 is 0 Å². The van der Waals surface area contributed by atoms with Crippen molar-refractivity contribution >= 4 is 11.9 Å². The van der Waals surface area contributed by atoms with Gasteiger partial charge in [0.15, 0.2) is 0 Å². The van der Waals surface area contributed by atoms with Gasteiger partial charge >= 0.3 is 12.1 Å². The van der Waals surface area contributed by atoms with Gasteiger partial charge in [0.2, 0.25) is 5.91 Å². The first-order chi connectivity index (χ1) is 9.85. The second-order valence-electron chi connectivity index (χ2n) is 5.57. The van der Waals surface area contributed by atoms with Gasteiger partial charge in [0, 0.05) is 13.0 Å². The van der Waals surface area contributed by atoms with Crippen LogP contribution in [0.3, 0.4) is 0 Å². The van der Waals surface area contributed by atoms with Gasteiger partial charge in [-0.15, -0.1) is 0 Å². The van der Waals surface area contributed by atoms with Gasteiger partial charge in [0.1, 0.15) is 6.54 Å². The Hall–Kier alpha value is -1.53. The van der Waals surface area contributed by atoms with E-state index < -0.39 is 30.5 Å². The van der Waals surface area contributed by atoms with Gasteiger partial charge in [0.05, 0.1) is 12.5 Å². The number of allylic oxidation sites excluding steroid dienone is 2. The number of likely N-dealkylation sites (tertiary alicyclic amines) is 1. The van der Waals surface area contributed by atoms with E-state index in [1.807, 2.05) is 6.08 Å². The van der Waals surface area contributed by atoms with Crippen molar-refractivity contribution in [3.05, 3.63) is 12.2 Å². The van der Waals surface area contributed by atoms with Gasteiger partial charge in [-0.05, 0) is 25.2 Å². The highest BCUT2D eigenvalue weighted by Gasteiger charge is 2.41. The Morgan fingerprint density at radius 1 is 1.38 bits per heavy atom. The van der Waals surface area contributed by atoms with Gasteiger partial charge < -0.3 is 9.64 Å². The maximum Gasteiger partial charge on any atom is 0.406 e. The number of rotatable bonds is 4. The lowest BCUT2D eigenvalue weighted by Gasteiger charge is -2.19. The molecule has 0 bridgehead atoms. The molecular weight excluding hydrogens is 287 g/mol. The van der Waals surface area contributed by atoms with E-state index in [0.29, 0.717) is 4.90 Å². The summed E-state index contributed by atoms with van der Waals surface area (Å²) in [5.74, 6) is -1.72. The number of amides is 1. The lowest BCUT2D eigenvalue weighted by atomic mass is 9.95. The van der Waals surface area contributed by atoms with E-state index in [0.717, 1.165) is 19.3 Å². The second kappa shape index (κ2) is 6.49. The molecule has 2 unspecified atom stereocenters. The van der Waals surface area contributed by atoms with Crippen LogP contribution in [0.1, 0.15) is 25.7 Å². The summed E-state index contributed by atoms with van der Waals surface area (Å²) in [6, 6.07) is 0. The number of ether oxygens (including phenoxy) is 1. The Morgan fingerprint density at radius 2 is 2.14 bits per heavy atom. The first-order valence-corrected chi connectivity index (χ1v) is 7.01. The smallest absolute Gasteiger partial charge is 0.406 e. The SMILES string of the molecule is O=C(OCC1CC=CCC1)C1CC(=O)N(CC(F)(F)F)C1. The summed E-state index contributed by atoms with van der Waals surface area (Å²) < 4.78 is 42.0. The van der Waals surface area contributed by atoms with E-state index in [9.17, 15) is 22.8 Å². The highest BCUT2D eigenvalue weighted by atomic mass is 19.4. The predicted molar refractivity (Wildman–Crippen MR) is 68.2 cm³/mol. The number of hydrogen-bond acceptors (Lipinski definition) is 3. The quantitative estimate of drug-likeness (QED) is 0.591. The van der Waals surface area contributed by atoms with Crippen molar-refractivity contribution in [1.82, 2.24) is 4.90 Å². The molecule has 2 rings (SSSR count). The average Bonchev–Trinajstić information content (AvgIpc) is 2.77. The zero-order valence-corrected chi connectivity index (χ0v) is 11.6. The Balaban J connectivity index is 1.78. The fourth-order valence-electron chi connectivity index (χ4n) is 2.62. The molecule has 7 heteroatoms. The molecule has 0 spiro atoms. The number of halogens is 3. The van der Waals surface area contributed by atoms with Gasteiger partial charge in [-0.25, -0.2) is 0 Å². The van der Waals surface area contributed by atoms with Crippen LogP contribution in [0.15, 0.2) is 12.2 Å². The predicted octanol–water partition coefficient (Wildman–Crippen LogP) is 2.30. The van der Waals surface area contributed by atoms with Crippen LogP contribution in [0.2, 0.25) is 0 Å². The van der Waals surface area contributed by atoms with E-state index in [2.05, 4.69) is 6.08 Å². The summed E-state index contributed by atoms with van der Waals surface area (Å²) in [4.78, 5) is 24.0. The van der Waals surface area contributed by atoms with E-state index in [4.69, 9.17) is 4.74 Å². The van der Waals surface area contributed by atoms with Crippen LogP contribution in [0.25, 0.3) is 0 Å². The minimum Gasteiger partial charge on any atom is -0.465 e. The summed E-state index contributed by atoms with van der Waals surface area (Å²) in [6.45, 7) is -1.24. The van der Waals surface area contributed by atoms with Crippen molar-refractivity contribution in [1.29, 1.82) is 0 Å². The third-order valence-electron chi connectivity index (χ3n) is 3.76. The van der Waals surface area contributed by atoms with Gasteiger partial charge in [-0.1, -0.05) is 12.2 Å². The van der Waals surface area contributed by atoms with E-state index >= 15 is 0 Å². The normalized spacial score (nSPS) is 26.2. The number of nitrogens with zero attached hydrogens (tertiary/aromatic N) is 1. The Kier molecular flexibility index (Phi) is 4.90. The maximum atomic E-state index is 12.3. The molecule has 1 amide bonds. The van der Waals surface area contributed by atoms with E-state index in [1.165, 1.54) is 0 Å². The van der Waals surface area contributed by atoms with E-state index in [-0.39, 0.29) is 25.5 Å². The molecule has 118 valence electrons. The highest BCUT2D eigenvalue weighted by Crippen LogP contribution is 2.25. The van der Waals surface area contributed by atoms with Crippen LogP contribution in [0.5, 0.6) is 0 Å². The summed E-state index contributed by atoms with van der Waals surface area (Å²) in [5, 5.41) is 0. The zero-order valence-electron chi connectivity index (χ0n) is 11.6. The summed E-state index contributed by atoms with van der Waals surface area (Å²) >= 11 is 0. The molecule has 0 radical (unpaired) electrons. The van der Waals surface area contributed by atoms with Crippen LogP contribution in [0, 0.1) is 11.8 Å². The molecule has 0 saturated carbocycles. The van der Waals surface area contributed by atoms with Crippen molar-refractivity contribution < 1.29 is 27.5 Å². The third kappa shape index (κ3) is 4.75. The molecule has 0 aromatic carbocycles. The number of carbonyl (C=O) groups excluding carboxylic acids is 2. The van der Waals surface area contributed by atoms with Gasteiger partial charge in [-0.2, -0.15) is 13.2 Å². The lowest BCUT2D eigenvalue weighted by Crippen LogP contribution is -2.36. The van der Waals surface area contributed by atoms with Crippen LogP contribution in [-0.2, 0) is 14.3 Å². The molecule has 1 saturated heterocycles. The van der Waals surface area contributed by atoms with E-state index in [1.54, 1.807) is 0 Å². The Bertz CT molecular complexity index is 434. The van der Waals surface area contributed by atoms with Crippen molar-refractivity contribution in [3.8, 4) is 0 Å². The first kappa shape index (κ1) is 15.9. The van der Waals surface area contributed by atoms with Crippen molar-refractivity contribution in [3.63, 3.8) is 0 Å². The molecule has 1 aliphatic heterocycles. The number of hydrogen-bond donors (Lipinski definition) is 0. The molecule has 0 N–H and O–H groups in total. The topological polar surface area (TPSA) is 46.6 Å². The average molecular weight is 305 g/mol. The summed E-state index contributed by atoms with van der Waals surface area (Å²) in [6.07, 6.45) is 2.20. The second-order valence-corrected chi connectivity index (χ2v) is 5.57. The number of esters is 1. The molecule has 4 nitrogen and oxygen atoms in total. The monoisotopic (exact) mass is 305 g/mol. The molecule has 0 aromatic rings. The molecule has 0 aromatic heterocycles. The fraction of sp³-hybridized carbons (Fsp3) is 0.714. The van der Waals surface area contributed by atoms with Crippen molar-refractivity contribution in [2.45, 2.75) is 31.9 Å². The first-order valence-electron chi connectivity index (χ1n) is 7.01. The summed E-state index contributed by atoms with van der Waals surface area (Å²) in [7, 11) is 0. The molecular formula is C14H18F3NO3.